The second kappa shape index (κ2) is 5.55. The minimum atomic E-state index is -0.412. The summed E-state index contributed by atoms with van der Waals surface area (Å²) in [6, 6.07) is 4.49. The highest BCUT2D eigenvalue weighted by molar-refractivity contribution is 6.01. The number of nitro groups is 1. The first-order chi connectivity index (χ1) is 10.2. The fraction of sp³-hybridized carbons (Fsp3) is 0.400. The lowest BCUT2D eigenvalue weighted by Crippen LogP contribution is -2.24. The molecule has 110 valence electrons. The molecule has 1 aromatic carbocycles. The molecule has 0 bridgehead atoms. The van der Waals surface area contributed by atoms with E-state index in [2.05, 4.69) is 9.88 Å². The molecule has 0 aliphatic carbocycles. The molecule has 0 radical (unpaired) electrons. The SMILES string of the molecule is O=[N+]([O-])c1ccc(O)c2nccc(N3CCCCCC3)c12. The van der Waals surface area contributed by atoms with Crippen molar-refractivity contribution < 1.29 is 10.0 Å². The predicted molar refractivity (Wildman–Crippen MR) is 80.7 cm³/mol. The molecular weight excluding hydrogens is 270 g/mol. The van der Waals surface area contributed by atoms with Crippen LogP contribution >= 0.6 is 0 Å². The van der Waals surface area contributed by atoms with Crippen LogP contribution in [0.2, 0.25) is 0 Å². The first kappa shape index (κ1) is 13.6. The molecule has 1 aromatic heterocycles. The molecule has 0 unspecified atom stereocenters. The van der Waals surface area contributed by atoms with Gasteiger partial charge in [-0.2, -0.15) is 0 Å². The zero-order chi connectivity index (χ0) is 14.8. The van der Waals surface area contributed by atoms with E-state index in [1.807, 2.05) is 0 Å². The summed E-state index contributed by atoms with van der Waals surface area (Å²) in [7, 11) is 0. The topological polar surface area (TPSA) is 79.5 Å². The molecule has 2 heterocycles. The maximum atomic E-state index is 11.3. The van der Waals surface area contributed by atoms with Crippen LogP contribution < -0.4 is 4.90 Å². The number of phenolic OH excluding ortho intramolecular Hbond substituents is 1. The van der Waals surface area contributed by atoms with Gasteiger partial charge in [-0.15, -0.1) is 0 Å². The number of anilines is 1. The molecule has 1 fully saturated rings. The smallest absolute Gasteiger partial charge is 0.281 e. The van der Waals surface area contributed by atoms with Crippen molar-refractivity contribution >= 4 is 22.3 Å². The Morgan fingerprint density at radius 3 is 2.52 bits per heavy atom. The Balaban J connectivity index is 2.21. The van der Waals surface area contributed by atoms with E-state index in [0.717, 1.165) is 31.6 Å². The molecule has 2 aromatic rings. The van der Waals surface area contributed by atoms with E-state index in [9.17, 15) is 15.2 Å². The molecule has 6 nitrogen and oxygen atoms in total. The summed E-state index contributed by atoms with van der Waals surface area (Å²) in [5.74, 6) is -0.0210. The summed E-state index contributed by atoms with van der Waals surface area (Å²) in [6.07, 6.45) is 6.14. The lowest BCUT2D eigenvalue weighted by molar-refractivity contribution is -0.383. The van der Waals surface area contributed by atoms with E-state index in [-0.39, 0.29) is 11.4 Å². The van der Waals surface area contributed by atoms with E-state index >= 15 is 0 Å². The van der Waals surface area contributed by atoms with Gasteiger partial charge in [0, 0.05) is 25.4 Å². The van der Waals surface area contributed by atoms with Crippen molar-refractivity contribution in [3.63, 3.8) is 0 Å². The lowest BCUT2D eigenvalue weighted by Gasteiger charge is -2.23. The minimum absolute atomic E-state index is 0.00449. The Morgan fingerprint density at radius 1 is 1.14 bits per heavy atom. The highest BCUT2D eigenvalue weighted by Gasteiger charge is 2.22. The van der Waals surface area contributed by atoms with E-state index in [1.165, 1.54) is 25.0 Å². The average Bonchev–Trinajstić information content (AvgIpc) is 2.76. The van der Waals surface area contributed by atoms with Gasteiger partial charge in [-0.3, -0.25) is 15.1 Å². The van der Waals surface area contributed by atoms with Crippen LogP contribution in [0, 0.1) is 10.1 Å². The van der Waals surface area contributed by atoms with Crippen molar-refractivity contribution in [3.8, 4) is 5.75 Å². The van der Waals surface area contributed by atoms with Gasteiger partial charge in [0.2, 0.25) is 0 Å². The quantitative estimate of drug-likeness (QED) is 0.677. The molecule has 1 aliphatic rings. The molecule has 0 spiro atoms. The molecular formula is C15H17N3O3. The number of benzene rings is 1. The molecule has 1 N–H and O–H groups in total. The third-order valence-corrected chi connectivity index (χ3v) is 3.97. The van der Waals surface area contributed by atoms with Crippen LogP contribution in [0.4, 0.5) is 11.4 Å². The third-order valence-electron chi connectivity index (χ3n) is 3.97. The number of rotatable bonds is 2. The summed E-state index contributed by atoms with van der Waals surface area (Å²) >= 11 is 0. The van der Waals surface area contributed by atoms with Gasteiger partial charge in [0.25, 0.3) is 5.69 Å². The first-order valence-corrected chi connectivity index (χ1v) is 7.18. The predicted octanol–water partition coefficient (Wildman–Crippen LogP) is 3.23. The second-order valence-corrected chi connectivity index (χ2v) is 5.32. The highest BCUT2D eigenvalue weighted by Crippen LogP contribution is 2.38. The monoisotopic (exact) mass is 287 g/mol. The van der Waals surface area contributed by atoms with Crippen LogP contribution in [-0.2, 0) is 0 Å². The largest absolute Gasteiger partial charge is 0.506 e. The summed E-state index contributed by atoms with van der Waals surface area (Å²) in [5, 5.41) is 21.7. The van der Waals surface area contributed by atoms with Crippen molar-refractivity contribution in [2.45, 2.75) is 25.7 Å². The minimum Gasteiger partial charge on any atom is -0.506 e. The Labute approximate surface area is 122 Å². The van der Waals surface area contributed by atoms with Crippen molar-refractivity contribution in [2.24, 2.45) is 0 Å². The zero-order valence-corrected chi connectivity index (χ0v) is 11.7. The van der Waals surface area contributed by atoms with Crippen LogP contribution in [0.25, 0.3) is 10.9 Å². The van der Waals surface area contributed by atoms with Crippen LogP contribution in [0.5, 0.6) is 5.75 Å². The molecule has 0 saturated carbocycles. The molecule has 1 aliphatic heterocycles. The molecule has 3 rings (SSSR count). The van der Waals surface area contributed by atoms with E-state index in [4.69, 9.17) is 0 Å². The van der Waals surface area contributed by atoms with E-state index < -0.39 is 4.92 Å². The van der Waals surface area contributed by atoms with Crippen LogP contribution in [0.15, 0.2) is 24.4 Å². The Bertz CT molecular complexity index is 679. The Morgan fingerprint density at radius 2 is 1.86 bits per heavy atom. The average molecular weight is 287 g/mol. The van der Waals surface area contributed by atoms with Gasteiger partial charge in [-0.25, -0.2) is 0 Å². The first-order valence-electron chi connectivity index (χ1n) is 7.18. The normalized spacial score (nSPS) is 15.9. The van der Waals surface area contributed by atoms with Crippen molar-refractivity contribution in [3.05, 3.63) is 34.5 Å². The third kappa shape index (κ3) is 2.49. The van der Waals surface area contributed by atoms with Crippen LogP contribution in [-0.4, -0.2) is 28.1 Å². The maximum Gasteiger partial charge on any atom is 0.281 e. The number of nitro benzene ring substituents is 1. The van der Waals surface area contributed by atoms with E-state index in [1.54, 1.807) is 12.3 Å². The lowest BCUT2D eigenvalue weighted by atomic mass is 10.1. The Hall–Kier alpha value is -2.37. The molecule has 0 atom stereocenters. The number of hydrogen-bond acceptors (Lipinski definition) is 5. The fourth-order valence-corrected chi connectivity index (χ4v) is 2.95. The van der Waals surface area contributed by atoms with Crippen molar-refractivity contribution in [1.29, 1.82) is 0 Å². The fourth-order valence-electron chi connectivity index (χ4n) is 2.95. The van der Waals surface area contributed by atoms with Gasteiger partial charge < -0.3 is 10.0 Å². The summed E-state index contributed by atoms with van der Waals surface area (Å²) in [4.78, 5) is 17.2. The standard InChI is InChI=1S/C15H17N3O3/c19-13-6-5-12(18(20)21)14-11(7-8-16-15(13)14)17-9-3-1-2-4-10-17/h5-8,19H,1-4,9-10H2. The molecule has 1 saturated heterocycles. The summed E-state index contributed by atoms with van der Waals surface area (Å²) < 4.78 is 0. The summed E-state index contributed by atoms with van der Waals surface area (Å²) in [6.45, 7) is 1.76. The van der Waals surface area contributed by atoms with Gasteiger partial charge in [0.1, 0.15) is 16.7 Å². The van der Waals surface area contributed by atoms with E-state index in [0.29, 0.717) is 10.9 Å². The van der Waals surface area contributed by atoms with Crippen molar-refractivity contribution in [2.75, 3.05) is 18.0 Å². The van der Waals surface area contributed by atoms with Gasteiger partial charge in [-0.05, 0) is 25.0 Å². The van der Waals surface area contributed by atoms with Gasteiger partial charge in [0.05, 0.1) is 10.6 Å². The van der Waals surface area contributed by atoms with Crippen LogP contribution in [0.1, 0.15) is 25.7 Å². The molecule has 6 heteroatoms. The number of pyridine rings is 1. The second-order valence-electron chi connectivity index (χ2n) is 5.32. The van der Waals surface area contributed by atoms with Gasteiger partial charge in [0.15, 0.2) is 0 Å². The zero-order valence-electron chi connectivity index (χ0n) is 11.7. The Kier molecular flexibility index (Phi) is 3.60. The molecule has 0 amide bonds. The number of aromatic nitrogens is 1. The number of aromatic hydroxyl groups is 1. The highest BCUT2D eigenvalue weighted by atomic mass is 16.6. The maximum absolute atomic E-state index is 11.3. The van der Waals surface area contributed by atoms with Gasteiger partial charge >= 0.3 is 0 Å². The number of non-ortho nitro benzene ring substituents is 1. The van der Waals surface area contributed by atoms with Crippen LogP contribution in [0.3, 0.4) is 0 Å². The van der Waals surface area contributed by atoms with Crippen molar-refractivity contribution in [1.82, 2.24) is 4.98 Å². The number of fused-ring (bicyclic) bond motifs is 1. The van der Waals surface area contributed by atoms with Gasteiger partial charge in [-0.1, -0.05) is 12.8 Å². The number of phenols is 1. The molecule has 21 heavy (non-hydrogen) atoms. The number of hydrogen-bond donors (Lipinski definition) is 1. The summed E-state index contributed by atoms with van der Waals surface area (Å²) in [5.41, 5.74) is 1.09. The number of nitrogens with zero attached hydrogens (tertiary/aromatic N) is 3.